The lowest BCUT2D eigenvalue weighted by Crippen LogP contribution is -2.34. The van der Waals surface area contributed by atoms with Crippen LogP contribution in [0.25, 0.3) is 0 Å². The standard InChI is InChI=1S/C17H22N2O/c18-12-7-13-19(16-10-5-2-6-11-16)14-17(20)15-8-3-1-4-9-15/h2,5-6,10-11,15H,1,3-4,7-9,13-14H2. The van der Waals surface area contributed by atoms with Crippen LogP contribution < -0.4 is 4.90 Å². The molecule has 0 atom stereocenters. The molecule has 1 aliphatic rings. The average molecular weight is 270 g/mol. The molecule has 0 aromatic heterocycles. The predicted octanol–water partition coefficient (Wildman–Crippen LogP) is 3.56. The molecule has 0 spiro atoms. The van der Waals surface area contributed by atoms with Crippen LogP contribution in [0.3, 0.4) is 0 Å². The van der Waals surface area contributed by atoms with Crippen LogP contribution in [0.5, 0.6) is 0 Å². The van der Waals surface area contributed by atoms with Crippen molar-refractivity contribution >= 4 is 11.5 Å². The minimum Gasteiger partial charge on any atom is -0.363 e. The van der Waals surface area contributed by atoms with Gasteiger partial charge in [-0.05, 0) is 25.0 Å². The van der Waals surface area contributed by atoms with Crippen molar-refractivity contribution in [2.45, 2.75) is 38.5 Å². The number of benzene rings is 1. The van der Waals surface area contributed by atoms with Crippen LogP contribution in [-0.4, -0.2) is 18.9 Å². The zero-order valence-electron chi connectivity index (χ0n) is 11.9. The molecule has 0 unspecified atom stereocenters. The molecule has 0 amide bonds. The first kappa shape index (κ1) is 14.6. The van der Waals surface area contributed by atoms with E-state index in [1.165, 1.54) is 19.3 Å². The van der Waals surface area contributed by atoms with E-state index in [0.29, 0.717) is 25.3 Å². The fourth-order valence-corrected chi connectivity index (χ4v) is 2.86. The quantitative estimate of drug-likeness (QED) is 0.794. The van der Waals surface area contributed by atoms with Crippen LogP contribution in [0.4, 0.5) is 5.69 Å². The molecule has 0 heterocycles. The summed E-state index contributed by atoms with van der Waals surface area (Å²) < 4.78 is 0. The van der Waals surface area contributed by atoms with Gasteiger partial charge >= 0.3 is 0 Å². The van der Waals surface area contributed by atoms with Gasteiger partial charge in [0.05, 0.1) is 19.0 Å². The topological polar surface area (TPSA) is 44.1 Å². The summed E-state index contributed by atoms with van der Waals surface area (Å²) in [4.78, 5) is 14.5. The normalized spacial score (nSPS) is 15.6. The summed E-state index contributed by atoms with van der Waals surface area (Å²) in [6, 6.07) is 12.1. The summed E-state index contributed by atoms with van der Waals surface area (Å²) in [5.41, 5.74) is 1.03. The number of ketones is 1. The first-order valence-corrected chi connectivity index (χ1v) is 7.51. The Morgan fingerprint density at radius 3 is 2.55 bits per heavy atom. The third-order valence-corrected chi connectivity index (χ3v) is 4.02. The van der Waals surface area contributed by atoms with Gasteiger partial charge in [-0.15, -0.1) is 0 Å². The van der Waals surface area contributed by atoms with E-state index in [1.54, 1.807) is 0 Å². The van der Waals surface area contributed by atoms with Crippen LogP contribution in [0.15, 0.2) is 30.3 Å². The summed E-state index contributed by atoms with van der Waals surface area (Å²) in [6.45, 7) is 1.06. The lowest BCUT2D eigenvalue weighted by molar-refractivity contribution is -0.122. The molecular formula is C17H22N2O. The number of nitrogens with zero attached hydrogens (tertiary/aromatic N) is 2. The van der Waals surface area contributed by atoms with Crippen LogP contribution in [-0.2, 0) is 4.79 Å². The highest BCUT2D eigenvalue weighted by molar-refractivity contribution is 5.85. The highest BCUT2D eigenvalue weighted by Gasteiger charge is 2.22. The Kier molecular flexibility index (Phi) is 5.61. The first-order chi connectivity index (χ1) is 9.81. The van der Waals surface area contributed by atoms with E-state index in [-0.39, 0.29) is 5.92 Å². The highest BCUT2D eigenvalue weighted by Crippen LogP contribution is 2.25. The fourth-order valence-electron chi connectivity index (χ4n) is 2.86. The molecule has 0 aliphatic heterocycles. The summed E-state index contributed by atoms with van der Waals surface area (Å²) in [5, 5.41) is 8.78. The number of carbonyl (C=O) groups excluding carboxylic acids is 1. The Morgan fingerprint density at radius 2 is 1.90 bits per heavy atom. The van der Waals surface area contributed by atoms with Gasteiger partial charge in [0, 0.05) is 18.2 Å². The van der Waals surface area contributed by atoms with E-state index in [2.05, 4.69) is 6.07 Å². The molecule has 106 valence electrons. The number of nitriles is 1. The minimum atomic E-state index is 0.233. The van der Waals surface area contributed by atoms with Crippen molar-refractivity contribution in [3.8, 4) is 6.07 Å². The van der Waals surface area contributed by atoms with E-state index < -0.39 is 0 Å². The SMILES string of the molecule is N#CCCN(CC(=O)C1CCCCC1)c1ccccc1. The maximum Gasteiger partial charge on any atom is 0.155 e. The Labute approximate surface area is 121 Å². The second kappa shape index (κ2) is 7.69. The Morgan fingerprint density at radius 1 is 1.20 bits per heavy atom. The summed E-state index contributed by atoms with van der Waals surface area (Å²) in [7, 11) is 0. The van der Waals surface area contributed by atoms with E-state index in [4.69, 9.17) is 5.26 Å². The van der Waals surface area contributed by atoms with Gasteiger partial charge in [-0.25, -0.2) is 0 Å². The monoisotopic (exact) mass is 270 g/mol. The molecule has 0 radical (unpaired) electrons. The lowest BCUT2D eigenvalue weighted by Gasteiger charge is -2.27. The molecule has 0 saturated heterocycles. The molecule has 1 aliphatic carbocycles. The summed E-state index contributed by atoms with van der Waals surface area (Å²) >= 11 is 0. The Hall–Kier alpha value is -1.82. The van der Waals surface area contributed by atoms with Crippen LogP contribution >= 0.6 is 0 Å². The van der Waals surface area contributed by atoms with Crippen molar-refractivity contribution < 1.29 is 4.79 Å². The van der Waals surface area contributed by atoms with Crippen molar-refractivity contribution in [3.05, 3.63) is 30.3 Å². The number of carbonyl (C=O) groups is 1. The van der Waals surface area contributed by atoms with Crippen LogP contribution in [0.1, 0.15) is 38.5 Å². The van der Waals surface area contributed by atoms with Gasteiger partial charge in [-0.2, -0.15) is 5.26 Å². The number of rotatable bonds is 6. The Balaban J connectivity index is 2.00. The van der Waals surface area contributed by atoms with Gasteiger partial charge < -0.3 is 4.90 Å². The molecule has 1 saturated carbocycles. The molecule has 1 aromatic rings. The van der Waals surface area contributed by atoms with Crippen molar-refractivity contribution in [2.75, 3.05) is 18.0 Å². The maximum absolute atomic E-state index is 12.4. The number of hydrogen-bond acceptors (Lipinski definition) is 3. The second-order valence-electron chi connectivity index (χ2n) is 5.47. The molecule has 1 fully saturated rings. The third kappa shape index (κ3) is 4.09. The number of Topliss-reactive ketones (excluding diaryl/α,β-unsaturated/α-hetero) is 1. The van der Waals surface area contributed by atoms with E-state index in [1.807, 2.05) is 35.2 Å². The van der Waals surface area contributed by atoms with Crippen molar-refractivity contribution in [1.29, 1.82) is 5.26 Å². The van der Waals surface area contributed by atoms with Crippen molar-refractivity contribution in [2.24, 2.45) is 5.92 Å². The molecular weight excluding hydrogens is 248 g/mol. The molecule has 2 rings (SSSR count). The van der Waals surface area contributed by atoms with Gasteiger partial charge in [-0.3, -0.25) is 4.79 Å². The van der Waals surface area contributed by atoms with Crippen molar-refractivity contribution in [1.82, 2.24) is 0 Å². The first-order valence-electron chi connectivity index (χ1n) is 7.51. The zero-order valence-corrected chi connectivity index (χ0v) is 11.9. The summed E-state index contributed by atoms with van der Waals surface area (Å²) in [5.74, 6) is 0.573. The molecule has 0 bridgehead atoms. The van der Waals surface area contributed by atoms with Crippen LogP contribution in [0, 0.1) is 17.2 Å². The molecule has 3 nitrogen and oxygen atoms in total. The fraction of sp³-hybridized carbons (Fsp3) is 0.529. The van der Waals surface area contributed by atoms with Gasteiger partial charge in [0.25, 0.3) is 0 Å². The molecule has 20 heavy (non-hydrogen) atoms. The molecule has 3 heteroatoms. The average Bonchev–Trinajstić information content (AvgIpc) is 2.53. The van der Waals surface area contributed by atoms with E-state index in [0.717, 1.165) is 18.5 Å². The highest BCUT2D eigenvalue weighted by atomic mass is 16.1. The third-order valence-electron chi connectivity index (χ3n) is 4.02. The minimum absolute atomic E-state index is 0.233. The smallest absolute Gasteiger partial charge is 0.155 e. The largest absolute Gasteiger partial charge is 0.363 e. The molecule has 1 aromatic carbocycles. The van der Waals surface area contributed by atoms with E-state index in [9.17, 15) is 4.79 Å². The van der Waals surface area contributed by atoms with Crippen LogP contribution in [0.2, 0.25) is 0 Å². The zero-order chi connectivity index (χ0) is 14.2. The van der Waals surface area contributed by atoms with Gasteiger partial charge in [0.2, 0.25) is 0 Å². The summed E-state index contributed by atoms with van der Waals surface area (Å²) in [6.07, 6.45) is 6.16. The molecule has 0 N–H and O–H groups in total. The van der Waals surface area contributed by atoms with Crippen molar-refractivity contribution in [3.63, 3.8) is 0 Å². The number of anilines is 1. The van der Waals surface area contributed by atoms with E-state index >= 15 is 0 Å². The van der Waals surface area contributed by atoms with Gasteiger partial charge in [0.1, 0.15) is 0 Å². The number of para-hydroxylation sites is 1. The second-order valence-corrected chi connectivity index (χ2v) is 5.47. The Bertz CT molecular complexity index is 458. The predicted molar refractivity (Wildman–Crippen MR) is 80.5 cm³/mol. The lowest BCUT2D eigenvalue weighted by atomic mass is 9.86. The maximum atomic E-state index is 12.4. The number of hydrogen-bond donors (Lipinski definition) is 0. The van der Waals surface area contributed by atoms with Gasteiger partial charge in [0.15, 0.2) is 5.78 Å². The van der Waals surface area contributed by atoms with Gasteiger partial charge in [-0.1, -0.05) is 37.5 Å².